The Labute approximate surface area is 194 Å². The Morgan fingerprint density at radius 3 is 1.77 bits per heavy atom. The fourth-order valence-corrected chi connectivity index (χ4v) is 6.47. The van der Waals surface area contributed by atoms with Crippen molar-refractivity contribution >= 4 is 9.84 Å². The average molecular weight is 527 g/mol. The number of hydrogen-bond donors (Lipinski definition) is 0. The highest BCUT2D eigenvalue weighted by atomic mass is 32.2. The van der Waals surface area contributed by atoms with Crippen LogP contribution < -0.4 is 0 Å². The molecule has 1 fully saturated rings. The molecule has 0 spiro atoms. The van der Waals surface area contributed by atoms with Crippen LogP contribution in [-0.4, -0.2) is 26.8 Å². The molecule has 0 radical (unpaired) electrons. The van der Waals surface area contributed by atoms with Crippen LogP contribution in [-0.2, 0) is 20.3 Å². The van der Waals surface area contributed by atoms with Gasteiger partial charge in [-0.15, -0.1) is 0 Å². The fourth-order valence-electron chi connectivity index (χ4n) is 4.30. The van der Waals surface area contributed by atoms with E-state index in [-0.39, 0.29) is 48.3 Å². The minimum Gasteiger partial charge on any atom is -0.223 e. The third-order valence-corrected chi connectivity index (χ3v) is 8.77. The minimum atomic E-state index is -6.32. The second kappa shape index (κ2) is 8.98. The zero-order chi connectivity index (χ0) is 26.3. The normalized spacial score (nSPS) is 21.9. The Kier molecular flexibility index (Phi) is 6.86. The van der Waals surface area contributed by atoms with E-state index in [0.29, 0.717) is 0 Å². The summed E-state index contributed by atoms with van der Waals surface area (Å²) in [5.74, 6) is -0.729. The number of rotatable bonds is 5. The van der Waals surface area contributed by atoms with Crippen LogP contribution in [0.15, 0.2) is 58.5 Å². The van der Waals surface area contributed by atoms with Crippen LogP contribution in [0.2, 0.25) is 0 Å². The number of alkyl halides is 7. The van der Waals surface area contributed by atoms with Gasteiger partial charge < -0.3 is 0 Å². The molecule has 1 saturated carbocycles. The van der Waals surface area contributed by atoms with E-state index in [1.54, 1.807) is 0 Å². The molecule has 3 rings (SSSR count). The van der Waals surface area contributed by atoms with E-state index in [1.165, 1.54) is 0 Å². The van der Waals surface area contributed by atoms with Gasteiger partial charge in [0.1, 0.15) is 10.6 Å². The average Bonchev–Trinajstić information content (AvgIpc) is 2.78. The number of halogens is 8. The molecule has 0 saturated heterocycles. The standard InChI is InChI=1S/C21H17F8N3O2S/c22-15-5-7-17(8-6-15)35(33,34)18(11-9-16(10-12-18)31-32-30)13-1-3-14(4-2-13)19(23,20(24,25)26)21(27,28)29/h1-8,16H,9-12H2. The Morgan fingerprint density at radius 1 is 0.857 bits per heavy atom. The molecule has 35 heavy (non-hydrogen) atoms. The maximum absolute atomic E-state index is 14.4. The predicted molar refractivity (Wildman–Crippen MR) is 108 cm³/mol. The van der Waals surface area contributed by atoms with Gasteiger partial charge >= 0.3 is 18.0 Å². The Morgan fingerprint density at radius 2 is 1.34 bits per heavy atom. The van der Waals surface area contributed by atoms with Crippen molar-refractivity contribution in [2.24, 2.45) is 5.11 Å². The lowest BCUT2D eigenvalue weighted by Gasteiger charge is -2.39. The van der Waals surface area contributed by atoms with Crippen molar-refractivity contribution in [3.05, 3.63) is 75.9 Å². The van der Waals surface area contributed by atoms with Gasteiger partial charge in [-0.25, -0.2) is 17.2 Å². The molecule has 0 unspecified atom stereocenters. The summed E-state index contributed by atoms with van der Waals surface area (Å²) in [5.41, 5.74) is 1.07. The fraction of sp³-hybridized carbons (Fsp3) is 0.429. The molecule has 1 aliphatic rings. The van der Waals surface area contributed by atoms with E-state index in [0.717, 1.165) is 36.4 Å². The summed E-state index contributed by atoms with van der Waals surface area (Å²) in [4.78, 5) is 2.35. The molecule has 2 aromatic carbocycles. The van der Waals surface area contributed by atoms with Crippen molar-refractivity contribution in [3.8, 4) is 0 Å². The molecule has 0 aliphatic heterocycles. The van der Waals surface area contributed by atoms with Gasteiger partial charge in [0, 0.05) is 16.5 Å². The molecule has 0 aromatic heterocycles. The van der Waals surface area contributed by atoms with Crippen LogP contribution in [0, 0.1) is 5.82 Å². The smallest absolute Gasteiger partial charge is 0.223 e. The zero-order valence-corrected chi connectivity index (χ0v) is 18.4. The Bertz CT molecular complexity index is 1200. The van der Waals surface area contributed by atoms with Gasteiger partial charge in [-0.1, -0.05) is 29.4 Å². The molecule has 0 amide bonds. The lowest BCUT2D eigenvalue weighted by atomic mass is 9.80. The first kappa shape index (κ1) is 26.7. The molecule has 2 aromatic rings. The molecule has 14 heteroatoms. The van der Waals surface area contributed by atoms with E-state index < -0.39 is 50.0 Å². The minimum absolute atomic E-state index is 0.0460. The maximum atomic E-state index is 14.4. The first-order valence-corrected chi connectivity index (χ1v) is 11.6. The van der Waals surface area contributed by atoms with E-state index in [4.69, 9.17) is 5.53 Å². The number of nitrogens with zero attached hydrogens (tertiary/aromatic N) is 3. The van der Waals surface area contributed by atoms with Crippen LogP contribution >= 0.6 is 0 Å². The van der Waals surface area contributed by atoms with Gasteiger partial charge in [0.25, 0.3) is 0 Å². The van der Waals surface area contributed by atoms with Crippen molar-refractivity contribution in [2.45, 2.75) is 59.4 Å². The van der Waals surface area contributed by atoms with Crippen LogP contribution in [0.3, 0.4) is 0 Å². The third-order valence-electron chi connectivity index (χ3n) is 6.21. The summed E-state index contributed by atoms with van der Waals surface area (Å²) in [6, 6.07) is 5.13. The topological polar surface area (TPSA) is 82.9 Å². The van der Waals surface area contributed by atoms with Gasteiger partial charge in [0.05, 0.1) is 4.90 Å². The van der Waals surface area contributed by atoms with Crippen LogP contribution in [0.4, 0.5) is 35.1 Å². The van der Waals surface area contributed by atoms with Crippen molar-refractivity contribution in [3.63, 3.8) is 0 Å². The van der Waals surface area contributed by atoms with E-state index in [9.17, 15) is 43.5 Å². The highest BCUT2D eigenvalue weighted by Gasteiger charge is 2.73. The SMILES string of the molecule is [N-]=[N+]=NC1CCC(c2ccc(C(F)(C(F)(F)F)C(F)(F)F)cc2)(S(=O)(=O)c2ccc(F)cc2)CC1. The first-order chi connectivity index (χ1) is 16.1. The molecule has 5 nitrogen and oxygen atoms in total. The van der Waals surface area contributed by atoms with Gasteiger partial charge in [-0.05, 0) is 61.0 Å². The number of azide groups is 1. The summed E-state index contributed by atoms with van der Waals surface area (Å²) < 4.78 is 132. The number of sulfone groups is 1. The predicted octanol–water partition coefficient (Wildman–Crippen LogP) is 7.04. The second-order valence-electron chi connectivity index (χ2n) is 8.12. The Balaban J connectivity index is 2.15. The third kappa shape index (κ3) is 4.44. The van der Waals surface area contributed by atoms with Crippen LogP contribution in [0.25, 0.3) is 10.4 Å². The Hall–Kier alpha value is -2.86. The molecule has 190 valence electrons. The van der Waals surface area contributed by atoms with Gasteiger partial charge in [0.15, 0.2) is 9.84 Å². The monoisotopic (exact) mass is 527 g/mol. The zero-order valence-electron chi connectivity index (χ0n) is 17.6. The lowest BCUT2D eigenvalue weighted by Crippen LogP contribution is -2.50. The van der Waals surface area contributed by atoms with Crippen molar-refractivity contribution in [1.82, 2.24) is 0 Å². The van der Waals surface area contributed by atoms with E-state index >= 15 is 0 Å². The molecule has 0 bridgehead atoms. The summed E-state index contributed by atoms with van der Waals surface area (Å²) in [5, 5.41) is 3.55. The highest BCUT2D eigenvalue weighted by molar-refractivity contribution is 7.92. The van der Waals surface area contributed by atoms with Crippen LogP contribution in [0.1, 0.15) is 36.8 Å². The highest BCUT2D eigenvalue weighted by Crippen LogP contribution is 2.54. The summed E-state index contributed by atoms with van der Waals surface area (Å²) in [7, 11) is -4.38. The van der Waals surface area contributed by atoms with E-state index in [1.807, 2.05) is 0 Å². The van der Waals surface area contributed by atoms with Crippen LogP contribution in [0.5, 0.6) is 0 Å². The second-order valence-corrected chi connectivity index (χ2v) is 10.4. The number of benzene rings is 2. The van der Waals surface area contributed by atoms with Gasteiger partial charge in [-0.3, -0.25) is 0 Å². The summed E-state index contributed by atoms with van der Waals surface area (Å²) in [6.07, 6.45) is -12.9. The lowest BCUT2D eigenvalue weighted by molar-refractivity contribution is -0.348. The largest absolute Gasteiger partial charge is 0.435 e. The van der Waals surface area contributed by atoms with Crippen molar-refractivity contribution < 1.29 is 43.5 Å². The first-order valence-electron chi connectivity index (χ1n) is 10.1. The van der Waals surface area contributed by atoms with E-state index in [2.05, 4.69) is 10.0 Å². The molecule has 0 N–H and O–H groups in total. The summed E-state index contributed by atoms with van der Waals surface area (Å²) in [6.45, 7) is 0. The van der Waals surface area contributed by atoms with Crippen molar-refractivity contribution in [1.29, 1.82) is 0 Å². The molecular weight excluding hydrogens is 510 g/mol. The summed E-state index contributed by atoms with van der Waals surface area (Å²) >= 11 is 0. The van der Waals surface area contributed by atoms with Crippen molar-refractivity contribution in [2.75, 3.05) is 0 Å². The molecular formula is C21H17F8N3O2S. The number of hydrogen-bond acceptors (Lipinski definition) is 3. The maximum Gasteiger partial charge on any atom is 0.435 e. The van der Waals surface area contributed by atoms with Gasteiger partial charge in [-0.2, -0.15) is 26.3 Å². The molecule has 0 heterocycles. The molecule has 1 aliphatic carbocycles. The van der Waals surface area contributed by atoms with Gasteiger partial charge in [0.2, 0.25) is 0 Å². The molecule has 0 atom stereocenters. The quantitative estimate of drug-likeness (QED) is 0.137.